The van der Waals surface area contributed by atoms with Crippen molar-refractivity contribution in [1.82, 2.24) is 24.5 Å². The normalized spacial score (nSPS) is 14.5. The Morgan fingerprint density at radius 2 is 1.77 bits per heavy atom. The van der Waals surface area contributed by atoms with Crippen LogP contribution in [-0.2, 0) is 6.42 Å². The molecule has 0 aliphatic heterocycles. The number of aromatic nitrogens is 5. The Labute approximate surface area is 220 Å². The molecule has 0 spiro atoms. The van der Waals surface area contributed by atoms with Crippen molar-refractivity contribution in [3.05, 3.63) is 89.8 Å². The smallest absolute Gasteiger partial charge is 0.368 e. The van der Waals surface area contributed by atoms with Crippen molar-refractivity contribution in [3.63, 3.8) is 0 Å². The van der Waals surface area contributed by atoms with Gasteiger partial charge in [-0.3, -0.25) is 0 Å². The Balaban J connectivity index is 1.50. The zero-order valence-corrected chi connectivity index (χ0v) is 20.8. The molecule has 39 heavy (non-hydrogen) atoms. The fourth-order valence-electron chi connectivity index (χ4n) is 4.70. The molecule has 1 fully saturated rings. The van der Waals surface area contributed by atoms with Gasteiger partial charge in [-0.25, -0.2) is 19.3 Å². The van der Waals surface area contributed by atoms with Gasteiger partial charge in [-0.15, -0.1) is 0 Å². The molecule has 0 saturated heterocycles. The van der Waals surface area contributed by atoms with Crippen LogP contribution in [-0.4, -0.2) is 36.2 Å². The molecular formula is C28H23F4N7. The van der Waals surface area contributed by atoms with E-state index in [0.29, 0.717) is 28.8 Å². The van der Waals surface area contributed by atoms with Crippen molar-refractivity contribution in [2.24, 2.45) is 0 Å². The number of alkyl halides is 3. The summed E-state index contributed by atoms with van der Waals surface area (Å²) in [6, 6.07) is 15.4. The lowest BCUT2D eigenvalue weighted by atomic mass is 10.0. The third-order valence-corrected chi connectivity index (χ3v) is 6.95. The maximum Gasteiger partial charge on any atom is 0.411 e. The molecule has 0 bridgehead atoms. The summed E-state index contributed by atoms with van der Waals surface area (Å²) in [5.74, 6) is 0.171. The van der Waals surface area contributed by atoms with Gasteiger partial charge in [0.15, 0.2) is 5.82 Å². The molecule has 11 heteroatoms. The second kappa shape index (κ2) is 9.04. The summed E-state index contributed by atoms with van der Waals surface area (Å²) >= 11 is 0. The second-order valence-electron chi connectivity index (χ2n) is 9.70. The molecule has 1 aliphatic carbocycles. The zero-order chi connectivity index (χ0) is 27.4. The minimum absolute atomic E-state index is 0.0765. The Kier molecular flexibility index (Phi) is 5.74. The lowest BCUT2D eigenvalue weighted by Gasteiger charge is -2.22. The maximum absolute atomic E-state index is 13.8. The van der Waals surface area contributed by atoms with Crippen LogP contribution in [0.4, 0.5) is 29.3 Å². The van der Waals surface area contributed by atoms with Gasteiger partial charge < -0.3 is 15.6 Å². The molecule has 1 saturated carbocycles. The average molecular weight is 534 g/mol. The number of aryl methyl sites for hydroxylation is 1. The number of hydrogen-bond acceptors (Lipinski definition) is 6. The van der Waals surface area contributed by atoms with Crippen molar-refractivity contribution in [3.8, 4) is 16.9 Å². The van der Waals surface area contributed by atoms with E-state index in [9.17, 15) is 17.6 Å². The van der Waals surface area contributed by atoms with E-state index < -0.39 is 17.5 Å². The van der Waals surface area contributed by atoms with Crippen LogP contribution in [0.1, 0.15) is 29.8 Å². The molecule has 7 nitrogen and oxygen atoms in total. The number of benzene rings is 2. The van der Waals surface area contributed by atoms with Crippen LogP contribution in [0.3, 0.4) is 0 Å². The topological polar surface area (TPSA) is 94.5 Å². The fraction of sp³-hybridized carbons (Fsp3) is 0.214. The van der Waals surface area contributed by atoms with E-state index in [1.165, 1.54) is 12.1 Å². The molecular weight excluding hydrogens is 510 g/mol. The zero-order valence-electron chi connectivity index (χ0n) is 20.8. The van der Waals surface area contributed by atoms with Crippen LogP contribution < -0.4 is 11.1 Å². The summed E-state index contributed by atoms with van der Waals surface area (Å²) < 4.78 is 57.0. The molecule has 1 aliphatic rings. The molecule has 6 rings (SSSR count). The summed E-state index contributed by atoms with van der Waals surface area (Å²) in [6.45, 7) is 1.90. The van der Waals surface area contributed by atoms with Gasteiger partial charge in [0.1, 0.15) is 28.2 Å². The van der Waals surface area contributed by atoms with Gasteiger partial charge in [0.05, 0.1) is 5.69 Å². The summed E-state index contributed by atoms with van der Waals surface area (Å²) in [4.78, 5) is 17.4. The van der Waals surface area contributed by atoms with Gasteiger partial charge in [-0.1, -0.05) is 12.1 Å². The molecule has 0 amide bonds. The lowest BCUT2D eigenvalue weighted by molar-refractivity contribution is -0.151. The number of imidazole rings is 1. The maximum atomic E-state index is 13.8. The number of fused-ring (bicyclic) bond motifs is 1. The Hall–Kier alpha value is -4.54. The predicted molar refractivity (Wildman–Crippen MR) is 140 cm³/mol. The van der Waals surface area contributed by atoms with Crippen LogP contribution in [0.5, 0.6) is 0 Å². The van der Waals surface area contributed by atoms with Crippen LogP contribution in [0.2, 0.25) is 0 Å². The number of nitrogens with zero attached hydrogens (tertiary/aromatic N) is 5. The summed E-state index contributed by atoms with van der Waals surface area (Å²) in [5.41, 5.74) is 8.00. The fourth-order valence-corrected chi connectivity index (χ4v) is 4.70. The van der Waals surface area contributed by atoms with Crippen molar-refractivity contribution in [1.29, 1.82) is 0 Å². The third kappa shape index (κ3) is 4.64. The van der Waals surface area contributed by atoms with E-state index >= 15 is 0 Å². The molecule has 0 unspecified atom stereocenters. The first kappa shape index (κ1) is 24.8. The molecule has 3 aromatic heterocycles. The molecule has 5 aromatic rings. The highest BCUT2D eigenvalue weighted by Gasteiger charge is 2.64. The molecule has 198 valence electrons. The van der Waals surface area contributed by atoms with Crippen LogP contribution in [0, 0.1) is 12.7 Å². The standard InChI is InChI=1S/C28H23F4N7/c1-16-34-11-12-39(16)21-4-2-3-17(14-21)13-19-15-22(18-5-7-20(29)8-6-18)35-24-23(19)36-26(33)37-25(24)38-27(9-10-27)28(30,31)32/h2-8,11-12,14-15H,9-10,13H2,1H3,(H3,33,36,37,38). The van der Waals surface area contributed by atoms with E-state index in [-0.39, 0.29) is 30.1 Å². The number of rotatable bonds is 6. The van der Waals surface area contributed by atoms with Gasteiger partial charge >= 0.3 is 6.18 Å². The van der Waals surface area contributed by atoms with Gasteiger partial charge in [0, 0.05) is 23.6 Å². The number of pyridine rings is 1. The molecule has 2 aromatic carbocycles. The average Bonchev–Trinajstić information content (AvgIpc) is 3.57. The highest BCUT2D eigenvalue weighted by Crippen LogP contribution is 2.51. The third-order valence-electron chi connectivity index (χ3n) is 6.95. The van der Waals surface area contributed by atoms with E-state index in [2.05, 4.69) is 25.3 Å². The number of nitrogens with one attached hydrogen (secondary N) is 1. The first-order valence-electron chi connectivity index (χ1n) is 12.3. The summed E-state index contributed by atoms with van der Waals surface area (Å²) in [5, 5.41) is 2.58. The highest BCUT2D eigenvalue weighted by atomic mass is 19.4. The van der Waals surface area contributed by atoms with Crippen molar-refractivity contribution in [2.75, 3.05) is 11.1 Å². The summed E-state index contributed by atoms with van der Waals surface area (Å²) in [7, 11) is 0. The Morgan fingerprint density at radius 3 is 2.44 bits per heavy atom. The monoisotopic (exact) mass is 533 g/mol. The van der Waals surface area contributed by atoms with E-state index in [1.807, 2.05) is 42.0 Å². The molecule has 0 atom stereocenters. The van der Waals surface area contributed by atoms with E-state index in [4.69, 9.17) is 5.73 Å². The van der Waals surface area contributed by atoms with Crippen LogP contribution >= 0.6 is 0 Å². The Morgan fingerprint density at radius 1 is 1.00 bits per heavy atom. The lowest BCUT2D eigenvalue weighted by Crippen LogP contribution is -2.39. The van der Waals surface area contributed by atoms with Crippen molar-refractivity contribution < 1.29 is 17.6 Å². The number of anilines is 2. The minimum atomic E-state index is -4.47. The molecule has 3 heterocycles. The van der Waals surface area contributed by atoms with Crippen molar-refractivity contribution >= 4 is 22.8 Å². The SMILES string of the molecule is Cc1nccn1-c1cccc(Cc2cc(-c3ccc(F)cc3)nc3c(NC4(C(F)(F)F)CC4)nc(N)nc23)c1. The van der Waals surface area contributed by atoms with Crippen molar-refractivity contribution in [2.45, 2.75) is 37.9 Å². The number of hydrogen-bond donors (Lipinski definition) is 2. The first-order valence-corrected chi connectivity index (χ1v) is 12.3. The number of halogens is 4. The van der Waals surface area contributed by atoms with Gasteiger partial charge in [-0.2, -0.15) is 18.2 Å². The number of nitrogens with two attached hydrogens (primary N) is 1. The predicted octanol–water partition coefficient (Wildman–Crippen LogP) is 6.00. The Bertz CT molecular complexity index is 1690. The molecule has 3 N–H and O–H groups in total. The highest BCUT2D eigenvalue weighted by molar-refractivity contribution is 5.91. The van der Waals surface area contributed by atoms with Gasteiger partial charge in [-0.05, 0) is 79.8 Å². The van der Waals surface area contributed by atoms with E-state index in [1.54, 1.807) is 24.4 Å². The van der Waals surface area contributed by atoms with Gasteiger partial charge in [0.2, 0.25) is 5.95 Å². The van der Waals surface area contributed by atoms with E-state index in [0.717, 1.165) is 17.1 Å². The van der Waals surface area contributed by atoms with Crippen LogP contribution in [0.25, 0.3) is 28.0 Å². The minimum Gasteiger partial charge on any atom is -0.368 e. The first-order chi connectivity index (χ1) is 18.6. The summed E-state index contributed by atoms with van der Waals surface area (Å²) in [6.07, 6.45) is -0.657. The quantitative estimate of drug-likeness (QED) is 0.260. The second-order valence-corrected chi connectivity index (χ2v) is 9.70. The number of nitrogen functional groups attached to an aromatic ring is 1. The van der Waals surface area contributed by atoms with Crippen LogP contribution in [0.15, 0.2) is 67.0 Å². The molecule has 0 radical (unpaired) electrons. The van der Waals surface area contributed by atoms with Gasteiger partial charge in [0.25, 0.3) is 0 Å². The largest absolute Gasteiger partial charge is 0.411 e.